The predicted octanol–water partition coefficient (Wildman–Crippen LogP) is 5.37. The number of nitrogens with zero attached hydrogens (tertiary/aromatic N) is 2. The van der Waals surface area contributed by atoms with Crippen LogP contribution in [-0.2, 0) is 12.8 Å². The highest BCUT2D eigenvalue weighted by Gasteiger charge is 2.28. The van der Waals surface area contributed by atoms with Gasteiger partial charge in [-0.05, 0) is 64.2 Å². The molecular weight excluding hydrogens is 369 g/mol. The summed E-state index contributed by atoms with van der Waals surface area (Å²) in [6.45, 7) is 6.22. The second-order valence-corrected chi connectivity index (χ2v) is 8.39. The molecule has 0 aliphatic heterocycles. The van der Waals surface area contributed by atoms with Crippen molar-refractivity contribution in [2.45, 2.75) is 64.8 Å². The second-order valence-electron chi connectivity index (χ2n) is 7.58. The average molecular weight is 394 g/mol. The van der Waals surface area contributed by atoms with Crippen LogP contribution in [0.15, 0.2) is 18.2 Å². The van der Waals surface area contributed by atoms with Crippen LogP contribution in [0, 0.1) is 0 Å². The van der Waals surface area contributed by atoms with Gasteiger partial charge in [0.05, 0.1) is 15.7 Å². The summed E-state index contributed by atoms with van der Waals surface area (Å²) in [6, 6.07) is 5.45. The molecule has 0 atom stereocenters. The van der Waals surface area contributed by atoms with Crippen LogP contribution in [0.25, 0.3) is 5.69 Å². The summed E-state index contributed by atoms with van der Waals surface area (Å²) in [7, 11) is 0. The largest absolute Gasteiger partial charge is 0.346 e. The molecule has 1 aliphatic rings. The fourth-order valence-electron chi connectivity index (χ4n) is 3.67. The first kappa shape index (κ1) is 19.2. The third-order valence-corrected chi connectivity index (χ3v) is 5.61. The number of benzene rings is 1. The van der Waals surface area contributed by atoms with E-state index in [9.17, 15) is 4.79 Å². The molecule has 140 valence electrons. The fourth-order valence-corrected chi connectivity index (χ4v) is 3.96. The third-order valence-electron chi connectivity index (χ3n) is 4.87. The Hall–Kier alpha value is -1.52. The van der Waals surface area contributed by atoms with Gasteiger partial charge in [-0.2, -0.15) is 5.10 Å². The van der Waals surface area contributed by atoms with E-state index in [4.69, 9.17) is 23.2 Å². The highest BCUT2D eigenvalue weighted by Crippen LogP contribution is 2.30. The maximum atomic E-state index is 12.9. The molecule has 2 aromatic rings. The molecule has 0 bridgehead atoms. The Morgan fingerprint density at radius 1 is 1.23 bits per heavy atom. The summed E-state index contributed by atoms with van der Waals surface area (Å²) in [6.07, 6.45) is 5.92. The Kier molecular flexibility index (Phi) is 5.64. The molecule has 0 spiro atoms. The van der Waals surface area contributed by atoms with Gasteiger partial charge in [-0.25, -0.2) is 4.68 Å². The third kappa shape index (κ3) is 3.91. The van der Waals surface area contributed by atoms with Crippen molar-refractivity contribution in [2.75, 3.05) is 0 Å². The Labute approximate surface area is 164 Å². The van der Waals surface area contributed by atoms with Crippen molar-refractivity contribution < 1.29 is 4.79 Å². The molecule has 0 saturated heterocycles. The van der Waals surface area contributed by atoms with E-state index in [0.29, 0.717) is 15.7 Å². The Morgan fingerprint density at radius 3 is 2.65 bits per heavy atom. The lowest BCUT2D eigenvalue weighted by atomic mass is 9.94. The molecule has 4 nitrogen and oxygen atoms in total. The van der Waals surface area contributed by atoms with E-state index in [-0.39, 0.29) is 11.4 Å². The van der Waals surface area contributed by atoms with Gasteiger partial charge >= 0.3 is 0 Å². The predicted molar refractivity (Wildman–Crippen MR) is 107 cm³/mol. The molecule has 1 aromatic carbocycles. The Balaban J connectivity index is 2.00. The second kappa shape index (κ2) is 7.61. The minimum Gasteiger partial charge on any atom is -0.346 e. The summed E-state index contributed by atoms with van der Waals surface area (Å²) in [5.41, 5.74) is 3.29. The number of aromatic nitrogens is 2. The minimum absolute atomic E-state index is 0.0968. The van der Waals surface area contributed by atoms with E-state index in [2.05, 4.69) is 31.2 Å². The average Bonchev–Trinajstić information content (AvgIpc) is 2.97. The van der Waals surface area contributed by atoms with Crippen molar-refractivity contribution in [1.82, 2.24) is 15.1 Å². The van der Waals surface area contributed by atoms with E-state index in [0.717, 1.165) is 55.5 Å². The van der Waals surface area contributed by atoms with Crippen molar-refractivity contribution in [3.05, 3.63) is 45.2 Å². The lowest BCUT2D eigenvalue weighted by Gasteiger charge is -2.25. The maximum Gasteiger partial charge on any atom is 0.272 e. The standard InChI is InChI=1S/C20H25Cl2N3O/c1-4-11-20(2,3)23-19(26)18-14-7-5-6-8-17(14)25(24-18)13-9-10-15(21)16(22)12-13/h9-10,12H,4-8,11H2,1-3H3,(H,23,26). The van der Waals surface area contributed by atoms with Gasteiger partial charge < -0.3 is 5.32 Å². The van der Waals surface area contributed by atoms with Gasteiger partial charge in [-0.15, -0.1) is 0 Å². The van der Waals surface area contributed by atoms with Gasteiger partial charge in [0.2, 0.25) is 0 Å². The molecule has 0 saturated carbocycles. The monoisotopic (exact) mass is 393 g/mol. The maximum absolute atomic E-state index is 12.9. The Morgan fingerprint density at radius 2 is 1.96 bits per heavy atom. The zero-order chi connectivity index (χ0) is 18.9. The van der Waals surface area contributed by atoms with E-state index in [1.165, 1.54) is 0 Å². The van der Waals surface area contributed by atoms with Gasteiger partial charge in [0.15, 0.2) is 5.69 Å². The number of halogens is 2. The van der Waals surface area contributed by atoms with Crippen molar-refractivity contribution in [3.8, 4) is 5.69 Å². The smallest absolute Gasteiger partial charge is 0.272 e. The summed E-state index contributed by atoms with van der Waals surface area (Å²) in [5, 5.41) is 8.82. The first-order valence-corrected chi connectivity index (χ1v) is 9.96. The fraction of sp³-hybridized carbons (Fsp3) is 0.500. The number of hydrogen-bond acceptors (Lipinski definition) is 2. The zero-order valence-corrected chi connectivity index (χ0v) is 17.0. The van der Waals surface area contributed by atoms with E-state index in [1.54, 1.807) is 12.1 Å². The molecule has 1 amide bonds. The molecule has 1 aromatic heterocycles. The van der Waals surface area contributed by atoms with Gasteiger partial charge in [0.1, 0.15) is 0 Å². The number of carbonyl (C=O) groups is 1. The number of carbonyl (C=O) groups excluding carboxylic acids is 1. The van der Waals surface area contributed by atoms with Gasteiger partial charge in [0, 0.05) is 16.8 Å². The molecule has 1 aliphatic carbocycles. The number of hydrogen-bond donors (Lipinski definition) is 1. The van der Waals surface area contributed by atoms with E-state index in [1.807, 2.05) is 10.7 Å². The van der Waals surface area contributed by atoms with Crippen LogP contribution < -0.4 is 5.32 Å². The molecule has 1 N–H and O–H groups in total. The highest BCUT2D eigenvalue weighted by molar-refractivity contribution is 6.42. The van der Waals surface area contributed by atoms with Gasteiger partial charge in [0.25, 0.3) is 5.91 Å². The highest BCUT2D eigenvalue weighted by atomic mass is 35.5. The van der Waals surface area contributed by atoms with Crippen molar-refractivity contribution in [1.29, 1.82) is 0 Å². The molecule has 0 unspecified atom stereocenters. The lowest BCUT2D eigenvalue weighted by molar-refractivity contribution is 0.0902. The van der Waals surface area contributed by atoms with Gasteiger partial charge in [-0.3, -0.25) is 4.79 Å². The SMILES string of the molecule is CCCC(C)(C)NC(=O)c1nn(-c2ccc(Cl)c(Cl)c2)c2c1CCCC2. The quantitative estimate of drug-likeness (QED) is 0.742. The number of fused-ring (bicyclic) bond motifs is 1. The summed E-state index contributed by atoms with van der Waals surface area (Å²) in [5.74, 6) is -0.0968. The van der Waals surface area contributed by atoms with Crippen LogP contribution in [0.1, 0.15) is 68.2 Å². The molecule has 1 heterocycles. The summed E-state index contributed by atoms with van der Waals surface area (Å²) >= 11 is 12.2. The number of nitrogens with one attached hydrogen (secondary N) is 1. The zero-order valence-electron chi connectivity index (χ0n) is 15.5. The van der Waals surface area contributed by atoms with Crippen LogP contribution in [-0.4, -0.2) is 21.2 Å². The number of amides is 1. The van der Waals surface area contributed by atoms with Crippen molar-refractivity contribution >= 4 is 29.1 Å². The molecular formula is C20H25Cl2N3O. The van der Waals surface area contributed by atoms with E-state index >= 15 is 0 Å². The molecule has 0 fully saturated rings. The summed E-state index contributed by atoms with van der Waals surface area (Å²) < 4.78 is 1.86. The first-order chi connectivity index (χ1) is 12.3. The van der Waals surface area contributed by atoms with Crippen LogP contribution >= 0.6 is 23.2 Å². The van der Waals surface area contributed by atoms with Crippen LogP contribution in [0.4, 0.5) is 0 Å². The molecule has 26 heavy (non-hydrogen) atoms. The van der Waals surface area contributed by atoms with Crippen LogP contribution in [0.5, 0.6) is 0 Å². The van der Waals surface area contributed by atoms with Crippen molar-refractivity contribution in [2.24, 2.45) is 0 Å². The van der Waals surface area contributed by atoms with Crippen LogP contribution in [0.2, 0.25) is 10.0 Å². The normalized spacial score (nSPS) is 14.2. The lowest BCUT2D eigenvalue weighted by Crippen LogP contribution is -2.43. The minimum atomic E-state index is -0.249. The molecule has 3 rings (SSSR count). The van der Waals surface area contributed by atoms with Crippen molar-refractivity contribution in [3.63, 3.8) is 0 Å². The summed E-state index contributed by atoms with van der Waals surface area (Å²) in [4.78, 5) is 12.9. The van der Waals surface area contributed by atoms with E-state index < -0.39 is 0 Å². The molecule has 0 radical (unpaired) electrons. The topological polar surface area (TPSA) is 46.9 Å². The Bertz CT molecular complexity index is 827. The van der Waals surface area contributed by atoms with Crippen LogP contribution in [0.3, 0.4) is 0 Å². The van der Waals surface area contributed by atoms with Gasteiger partial charge in [-0.1, -0.05) is 36.5 Å². The number of rotatable bonds is 5. The first-order valence-electron chi connectivity index (χ1n) is 9.21. The molecule has 6 heteroatoms.